The smallest absolute Gasteiger partial charge is 0.269 e. The Labute approximate surface area is 178 Å². The molecule has 1 fully saturated rings. The van der Waals surface area contributed by atoms with Crippen LogP contribution in [-0.2, 0) is 9.59 Å². The Kier molecular flexibility index (Phi) is 5.40. The van der Waals surface area contributed by atoms with Gasteiger partial charge in [-0.15, -0.1) is 0 Å². The van der Waals surface area contributed by atoms with E-state index in [1.165, 1.54) is 10.7 Å². The zero-order valence-electron chi connectivity index (χ0n) is 16.8. The maximum atomic E-state index is 12.7. The molecule has 0 bridgehead atoms. The lowest BCUT2D eigenvalue weighted by molar-refractivity contribution is -0.122. The molecular formula is C22H21N5O4. The third kappa shape index (κ3) is 4.25. The minimum atomic E-state index is -0.600. The average molecular weight is 419 g/mol. The number of ether oxygens (including phenoxy) is 1. The number of hydrogen-bond acceptors (Lipinski definition) is 5. The number of primary amides is 1. The fourth-order valence-electron chi connectivity index (χ4n) is 3.45. The first-order valence-corrected chi connectivity index (χ1v) is 9.66. The molecule has 158 valence electrons. The SMILES string of the molecule is COc1cccc(N2CC(C(=O)Nc3ccc(-n4ccc(C(N)=O)n4)cc3)CC2=O)c1. The molecule has 4 rings (SSSR count). The van der Waals surface area contributed by atoms with Gasteiger partial charge in [0, 0.05) is 36.6 Å². The van der Waals surface area contributed by atoms with Crippen molar-refractivity contribution >= 4 is 29.1 Å². The summed E-state index contributed by atoms with van der Waals surface area (Å²) in [6, 6.07) is 15.7. The quantitative estimate of drug-likeness (QED) is 0.633. The highest BCUT2D eigenvalue weighted by Crippen LogP contribution is 2.28. The zero-order valence-corrected chi connectivity index (χ0v) is 16.8. The first-order valence-electron chi connectivity index (χ1n) is 9.66. The van der Waals surface area contributed by atoms with E-state index in [0.717, 1.165) is 0 Å². The predicted molar refractivity (Wildman–Crippen MR) is 114 cm³/mol. The second kappa shape index (κ2) is 8.31. The number of aromatic nitrogens is 2. The molecule has 1 unspecified atom stereocenters. The number of anilines is 2. The third-order valence-electron chi connectivity index (χ3n) is 5.10. The van der Waals surface area contributed by atoms with Gasteiger partial charge in [-0.1, -0.05) is 6.07 Å². The summed E-state index contributed by atoms with van der Waals surface area (Å²) in [5, 5.41) is 6.95. The van der Waals surface area contributed by atoms with Gasteiger partial charge in [0.1, 0.15) is 11.4 Å². The van der Waals surface area contributed by atoms with Crippen molar-refractivity contribution < 1.29 is 19.1 Å². The second-order valence-electron chi connectivity index (χ2n) is 7.15. The summed E-state index contributed by atoms with van der Waals surface area (Å²) >= 11 is 0. The van der Waals surface area contributed by atoms with Gasteiger partial charge in [-0.05, 0) is 42.5 Å². The molecule has 1 atom stereocenters. The molecule has 3 N–H and O–H groups in total. The fraction of sp³-hybridized carbons (Fsp3) is 0.182. The Morgan fingerprint density at radius 3 is 2.58 bits per heavy atom. The largest absolute Gasteiger partial charge is 0.497 e. The normalized spacial score (nSPS) is 15.7. The molecular weight excluding hydrogens is 398 g/mol. The Balaban J connectivity index is 1.41. The van der Waals surface area contributed by atoms with Crippen LogP contribution in [0.5, 0.6) is 5.75 Å². The monoisotopic (exact) mass is 419 g/mol. The topological polar surface area (TPSA) is 120 Å². The number of carbonyl (C=O) groups excluding carboxylic acids is 3. The number of hydrogen-bond donors (Lipinski definition) is 2. The van der Waals surface area contributed by atoms with Gasteiger partial charge in [0.2, 0.25) is 11.8 Å². The van der Waals surface area contributed by atoms with Crippen molar-refractivity contribution in [3.05, 3.63) is 66.5 Å². The van der Waals surface area contributed by atoms with Crippen LogP contribution in [0.3, 0.4) is 0 Å². The number of benzene rings is 2. The molecule has 0 aliphatic carbocycles. The van der Waals surface area contributed by atoms with E-state index < -0.39 is 11.8 Å². The highest BCUT2D eigenvalue weighted by atomic mass is 16.5. The van der Waals surface area contributed by atoms with E-state index in [1.54, 1.807) is 54.6 Å². The van der Waals surface area contributed by atoms with E-state index in [1.807, 2.05) is 12.1 Å². The molecule has 1 saturated heterocycles. The van der Waals surface area contributed by atoms with Crippen molar-refractivity contribution in [2.45, 2.75) is 6.42 Å². The van der Waals surface area contributed by atoms with Crippen LogP contribution in [0.15, 0.2) is 60.8 Å². The molecule has 3 amide bonds. The predicted octanol–water partition coefficient (Wildman–Crippen LogP) is 1.97. The van der Waals surface area contributed by atoms with Crippen LogP contribution < -0.4 is 20.7 Å². The van der Waals surface area contributed by atoms with Gasteiger partial charge in [-0.2, -0.15) is 5.10 Å². The van der Waals surface area contributed by atoms with Gasteiger partial charge in [-0.25, -0.2) is 4.68 Å². The van der Waals surface area contributed by atoms with Crippen LogP contribution in [0.4, 0.5) is 11.4 Å². The Hall–Kier alpha value is -4.14. The number of amides is 3. The van der Waals surface area contributed by atoms with Crippen LogP contribution >= 0.6 is 0 Å². The molecule has 31 heavy (non-hydrogen) atoms. The van der Waals surface area contributed by atoms with E-state index in [-0.39, 0.29) is 23.9 Å². The highest BCUT2D eigenvalue weighted by Gasteiger charge is 2.35. The summed E-state index contributed by atoms with van der Waals surface area (Å²) in [6.45, 7) is 0.305. The first kappa shape index (κ1) is 20.1. The number of nitrogens with zero attached hydrogens (tertiary/aromatic N) is 3. The molecule has 2 heterocycles. The van der Waals surface area contributed by atoms with E-state index in [0.29, 0.717) is 29.4 Å². The minimum absolute atomic E-state index is 0.104. The highest BCUT2D eigenvalue weighted by molar-refractivity contribution is 6.03. The molecule has 3 aromatic rings. The maximum Gasteiger partial charge on any atom is 0.269 e. The Bertz CT molecular complexity index is 1140. The molecule has 1 aromatic heterocycles. The summed E-state index contributed by atoms with van der Waals surface area (Å²) < 4.78 is 6.73. The van der Waals surface area contributed by atoms with Crippen molar-refractivity contribution in [3.8, 4) is 11.4 Å². The number of nitrogens with one attached hydrogen (secondary N) is 1. The average Bonchev–Trinajstić information content (AvgIpc) is 3.42. The summed E-state index contributed by atoms with van der Waals surface area (Å²) in [7, 11) is 1.56. The molecule has 0 radical (unpaired) electrons. The first-order chi connectivity index (χ1) is 14.9. The lowest BCUT2D eigenvalue weighted by Crippen LogP contribution is -2.28. The molecule has 9 nitrogen and oxygen atoms in total. The number of nitrogens with two attached hydrogens (primary N) is 1. The molecule has 2 aromatic carbocycles. The zero-order chi connectivity index (χ0) is 22.0. The molecule has 9 heteroatoms. The summed E-state index contributed by atoms with van der Waals surface area (Å²) in [4.78, 5) is 37.9. The molecule has 0 spiro atoms. The minimum Gasteiger partial charge on any atom is -0.497 e. The Morgan fingerprint density at radius 1 is 1.13 bits per heavy atom. The lowest BCUT2D eigenvalue weighted by Gasteiger charge is -2.17. The van der Waals surface area contributed by atoms with E-state index >= 15 is 0 Å². The van der Waals surface area contributed by atoms with Crippen LogP contribution in [0.25, 0.3) is 5.69 Å². The standard InChI is InChI=1S/C22H21N5O4/c1-31-18-4-2-3-17(12-18)26-13-14(11-20(26)28)22(30)24-15-5-7-16(8-6-15)27-10-9-19(25-27)21(23)29/h2-10,12,14H,11,13H2,1H3,(H2,23,29)(H,24,30). The van der Waals surface area contributed by atoms with Gasteiger partial charge in [0.25, 0.3) is 5.91 Å². The van der Waals surface area contributed by atoms with Crippen LogP contribution in [0, 0.1) is 5.92 Å². The van der Waals surface area contributed by atoms with Crippen molar-refractivity contribution in [2.24, 2.45) is 11.7 Å². The summed E-state index contributed by atoms with van der Waals surface area (Å²) in [5.41, 5.74) is 7.41. The van der Waals surface area contributed by atoms with E-state index in [9.17, 15) is 14.4 Å². The summed E-state index contributed by atoms with van der Waals surface area (Å²) in [6.07, 6.45) is 1.77. The van der Waals surface area contributed by atoms with Crippen LogP contribution in [-0.4, -0.2) is 41.2 Å². The van der Waals surface area contributed by atoms with Crippen LogP contribution in [0.1, 0.15) is 16.9 Å². The lowest BCUT2D eigenvalue weighted by atomic mass is 10.1. The van der Waals surface area contributed by atoms with Gasteiger partial charge < -0.3 is 20.7 Å². The number of rotatable bonds is 6. The fourth-order valence-corrected chi connectivity index (χ4v) is 3.45. The second-order valence-corrected chi connectivity index (χ2v) is 7.15. The van der Waals surface area contributed by atoms with Crippen molar-refractivity contribution in [1.82, 2.24) is 9.78 Å². The summed E-state index contributed by atoms with van der Waals surface area (Å²) in [5.74, 6) is -0.730. The van der Waals surface area contributed by atoms with Crippen LogP contribution in [0.2, 0.25) is 0 Å². The van der Waals surface area contributed by atoms with Crippen molar-refractivity contribution in [2.75, 3.05) is 23.9 Å². The van der Waals surface area contributed by atoms with Gasteiger partial charge in [-0.3, -0.25) is 14.4 Å². The Morgan fingerprint density at radius 2 is 1.90 bits per heavy atom. The number of carbonyl (C=O) groups is 3. The van der Waals surface area contributed by atoms with Crippen molar-refractivity contribution in [3.63, 3.8) is 0 Å². The maximum absolute atomic E-state index is 12.7. The van der Waals surface area contributed by atoms with Crippen molar-refractivity contribution in [1.29, 1.82) is 0 Å². The molecule has 1 aliphatic rings. The van der Waals surface area contributed by atoms with Gasteiger partial charge in [0.05, 0.1) is 18.7 Å². The molecule has 0 saturated carbocycles. The van der Waals surface area contributed by atoms with Gasteiger partial charge >= 0.3 is 0 Å². The molecule has 1 aliphatic heterocycles. The van der Waals surface area contributed by atoms with E-state index in [2.05, 4.69) is 10.4 Å². The third-order valence-corrected chi connectivity index (χ3v) is 5.10. The number of methoxy groups -OCH3 is 1. The van der Waals surface area contributed by atoms with Gasteiger partial charge in [0.15, 0.2) is 0 Å². The van der Waals surface area contributed by atoms with E-state index in [4.69, 9.17) is 10.5 Å².